The van der Waals surface area contributed by atoms with Crippen LogP contribution in [-0.2, 0) is 4.79 Å². The Morgan fingerprint density at radius 2 is 1.96 bits per heavy atom. The molecule has 4 N–H and O–H groups in total. The van der Waals surface area contributed by atoms with Gasteiger partial charge in [-0.2, -0.15) is 0 Å². The molecule has 0 saturated carbocycles. The van der Waals surface area contributed by atoms with E-state index in [0.29, 0.717) is 27.6 Å². The topological polar surface area (TPSA) is 123 Å². The molecule has 0 radical (unpaired) electrons. The molecule has 0 saturated heterocycles. The molecule has 2 aromatic heterocycles. The number of hydrogen-bond acceptors (Lipinski definition) is 5. The van der Waals surface area contributed by atoms with Gasteiger partial charge in [0.2, 0.25) is 5.91 Å². The Kier molecular flexibility index (Phi) is 4.02. The smallest absolute Gasteiger partial charge is 0.323 e. The van der Waals surface area contributed by atoms with E-state index < -0.39 is 0 Å². The van der Waals surface area contributed by atoms with Crippen molar-refractivity contribution in [3.05, 3.63) is 50.8 Å². The molecular formula is C14H13N5O3S. The first kappa shape index (κ1) is 15.1. The minimum absolute atomic E-state index is 0.105. The van der Waals surface area contributed by atoms with Gasteiger partial charge in [-0.25, -0.2) is 9.78 Å². The van der Waals surface area contributed by atoms with Gasteiger partial charge in [-0.1, -0.05) is 11.8 Å². The van der Waals surface area contributed by atoms with E-state index in [2.05, 4.69) is 25.3 Å². The fraction of sp³-hybridized carbons (Fsp3) is 0.143. The summed E-state index contributed by atoms with van der Waals surface area (Å²) < 4.78 is 0. The summed E-state index contributed by atoms with van der Waals surface area (Å²) >= 11 is 1.14. The van der Waals surface area contributed by atoms with Crippen LogP contribution in [0.4, 0.5) is 5.69 Å². The maximum absolute atomic E-state index is 12.0. The Hall–Kier alpha value is -2.81. The van der Waals surface area contributed by atoms with Crippen molar-refractivity contribution in [2.75, 3.05) is 11.1 Å². The van der Waals surface area contributed by atoms with Crippen molar-refractivity contribution in [2.24, 2.45) is 0 Å². The molecule has 1 amide bonds. The fourth-order valence-electron chi connectivity index (χ4n) is 2.06. The van der Waals surface area contributed by atoms with E-state index >= 15 is 0 Å². The minimum atomic E-state index is -0.298. The van der Waals surface area contributed by atoms with Crippen molar-refractivity contribution in [2.45, 2.75) is 12.1 Å². The number of anilines is 1. The lowest BCUT2D eigenvalue weighted by molar-refractivity contribution is -0.113. The van der Waals surface area contributed by atoms with Crippen molar-refractivity contribution in [3.63, 3.8) is 0 Å². The molecule has 0 unspecified atom stereocenters. The number of carbonyl (C=O) groups excluding carboxylic acids is 1. The maximum Gasteiger partial charge on any atom is 0.323 e. The summed E-state index contributed by atoms with van der Waals surface area (Å²) in [5.74, 6) is -0.134. The molecule has 1 aromatic carbocycles. The van der Waals surface area contributed by atoms with Gasteiger partial charge in [-0.15, -0.1) is 0 Å². The molecule has 118 valence electrons. The van der Waals surface area contributed by atoms with E-state index in [-0.39, 0.29) is 22.9 Å². The second kappa shape index (κ2) is 6.13. The molecule has 0 bridgehead atoms. The lowest BCUT2D eigenvalue weighted by atomic mass is 10.3. The standard InChI is InChI=1S/C14H13N5O3S/c1-7-4-11(20)19-14(15-7)23-6-12(21)16-8-2-3-9-10(5-8)18-13(22)17-9/h2-5H,6H2,1H3,(H,16,21)(H,15,19,20)(H2,17,18,22). The summed E-state index contributed by atoms with van der Waals surface area (Å²) in [5.41, 5.74) is 1.91. The molecule has 3 aromatic rings. The highest BCUT2D eigenvalue weighted by Crippen LogP contribution is 2.16. The number of aromatic amines is 3. The Morgan fingerprint density at radius 3 is 2.74 bits per heavy atom. The van der Waals surface area contributed by atoms with Gasteiger partial charge in [-0.3, -0.25) is 9.59 Å². The second-order valence-corrected chi connectivity index (χ2v) is 5.83. The van der Waals surface area contributed by atoms with Crippen LogP contribution in [-0.4, -0.2) is 31.6 Å². The monoisotopic (exact) mass is 331 g/mol. The predicted molar refractivity (Wildman–Crippen MR) is 87.9 cm³/mol. The third-order valence-corrected chi connectivity index (χ3v) is 3.86. The van der Waals surface area contributed by atoms with Crippen LogP contribution in [0.1, 0.15) is 5.69 Å². The summed E-state index contributed by atoms with van der Waals surface area (Å²) in [6, 6.07) is 6.46. The third-order valence-electron chi connectivity index (χ3n) is 2.99. The summed E-state index contributed by atoms with van der Waals surface area (Å²) in [6.07, 6.45) is 0. The highest BCUT2D eigenvalue weighted by molar-refractivity contribution is 7.99. The van der Waals surface area contributed by atoms with Gasteiger partial charge in [0.1, 0.15) is 0 Å². The largest absolute Gasteiger partial charge is 0.325 e. The number of rotatable bonds is 4. The van der Waals surface area contributed by atoms with Crippen molar-refractivity contribution in [3.8, 4) is 0 Å². The number of nitrogens with one attached hydrogen (secondary N) is 4. The van der Waals surface area contributed by atoms with Crippen LogP contribution in [0.2, 0.25) is 0 Å². The number of imidazole rings is 1. The van der Waals surface area contributed by atoms with Gasteiger partial charge < -0.3 is 20.3 Å². The van der Waals surface area contributed by atoms with E-state index in [1.54, 1.807) is 25.1 Å². The molecule has 0 aliphatic rings. The molecule has 8 nitrogen and oxygen atoms in total. The SMILES string of the molecule is Cc1cc(=O)[nH]c(SCC(=O)Nc2ccc3[nH]c(=O)[nH]c3c2)n1. The van der Waals surface area contributed by atoms with Crippen LogP contribution < -0.4 is 16.6 Å². The Morgan fingerprint density at radius 1 is 1.17 bits per heavy atom. The van der Waals surface area contributed by atoms with E-state index in [0.717, 1.165) is 11.8 Å². The minimum Gasteiger partial charge on any atom is -0.325 e. The molecule has 9 heteroatoms. The van der Waals surface area contributed by atoms with Crippen LogP contribution in [0.15, 0.2) is 39.0 Å². The van der Waals surface area contributed by atoms with Crippen molar-refractivity contribution < 1.29 is 4.79 Å². The summed E-state index contributed by atoms with van der Waals surface area (Å²) in [7, 11) is 0. The molecule has 0 fully saturated rings. The first-order chi connectivity index (χ1) is 11.0. The Bertz CT molecular complexity index is 988. The number of aromatic nitrogens is 4. The fourth-order valence-corrected chi connectivity index (χ4v) is 2.78. The average molecular weight is 331 g/mol. The Labute approximate surface area is 133 Å². The number of aryl methyl sites for hydroxylation is 1. The molecule has 0 aliphatic carbocycles. The van der Waals surface area contributed by atoms with E-state index in [1.807, 2.05) is 0 Å². The quantitative estimate of drug-likeness (QED) is 0.419. The number of hydrogen-bond donors (Lipinski definition) is 4. The van der Waals surface area contributed by atoms with Gasteiger partial charge in [-0.05, 0) is 25.1 Å². The number of H-pyrrole nitrogens is 3. The van der Waals surface area contributed by atoms with Crippen LogP contribution in [0, 0.1) is 6.92 Å². The summed E-state index contributed by atoms with van der Waals surface area (Å²) in [4.78, 5) is 46.5. The van der Waals surface area contributed by atoms with Gasteiger partial charge >= 0.3 is 5.69 Å². The first-order valence-electron chi connectivity index (χ1n) is 6.72. The lowest BCUT2D eigenvalue weighted by Crippen LogP contribution is -2.15. The lowest BCUT2D eigenvalue weighted by Gasteiger charge is -2.05. The van der Waals surface area contributed by atoms with Gasteiger partial charge in [0.25, 0.3) is 5.56 Å². The third kappa shape index (κ3) is 3.69. The molecule has 3 rings (SSSR count). The normalized spacial score (nSPS) is 10.8. The molecule has 2 heterocycles. The van der Waals surface area contributed by atoms with Crippen molar-refractivity contribution in [1.29, 1.82) is 0 Å². The molecule has 0 atom stereocenters. The van der Waals surface area contributed by atoms with Crippen molar-refractivity contribution >= 4 is 34.4 Å². The number of fused-ring (bicyclic) bond motifs is 1. The average Bonchev–Trinajstić information content (AvgIpc) is 2.83. The van der Waals surface area contributed by atoms with Crippen LogP contribution in [0.25, 0.3) is 11.0 Å². The van der Waals surface area contributed by atoms with Gasteiger partial charge in [0, 0.05) is 17.4 Å². The predicted octanol–water partition coefficient (Wildman–Crippen LogP) is 0.979. The Balaban J connectivity index is 1.65. The highest BCUT2D eigenvalue weighted by Gasteiger charge is 2.07. The zero-order valence-electron chi connectivity index (χ0n) is 12.1. The van der Waals surface area contributed by atoms with Crippen molar-refractivity contribution in [1.82, 2.24) is 19.9 Å². The zero-order chi connectivity index (χ0) is 16.4. The zero-order valence-corrected chi connectivity index (χ0v) is 12.9. The number of carbonyl (C=O) groups is 1. The van der Waals surface area contributed by atoms with E-state index in [1.165, 1.54) is 6.07 Å². The first-order valence-corrected chi connectivity index (χ1v) is 7.71. The summed E-state index contributed by atoms with van der Waals surface area (Å²) in [6.45, 7) is 1.71. The van der Waals surface area contributed by atoms with Gasteiger partial charge in [0.05, 0.1) is 16.8 Å². The molecular weight excluding hydrogens is 318 g/mol. The number of nitrogens with zero attached hydrogens (tertiary/aromatic N) is 1. The van der Waals surface area contributed by atoms with Crippen LogP contribution >= 0.6 is 11.8 Å². The maximum atomic E-state index is 12.0. The number of thioether (sulfide) groups is 1. The second-order valence-electron chi connectivity index (χ2n) is 4.87. The van der Waals surface area contributed by atoms with Gasteiger partial charge in [0.15, 0.2) is 5.16 Å². The van der Waals surface area contributed by atoms with E-state index in [9.17, 15) is 14.4 Å². The highest BCUT2D eigenvalue weighted by atomic mass is 32.2. The van der Waals surface area contributed by atoms with Crippen LogP contribution in [0.3, 0.4) is 0 Å². The summed E-state index contributed by atoms with van der Waals surface area (Å²) in [5, 5.41) is 3.13. The molecule has 0 spiro atoms. The number of benzene rings is 1. The number of amides is 1. The molecule has 23 heavy (non-hydrogen) atoms. The van der Waals surface area contributed by atoms with Crippen LogP contribution in [0.5, 0.6) is 0 Å². The molecule has 0 aliphatic heterocycles. The van der Waals surface area contributed by atoms with E-state index in [4.69, 9.17) is 0 Å².